The van der Waals surface area contributed by atoms with Crippen molar-refractivity contribution in [3.8, 4) is 0 Å². The number of benzene rings is 1. The molecule has 1 aliphatic rings. The van der Waals surface area contributed by atoms with E-state index < -0.39 is 12.0 Å². The molecule has 0 saturated carbocycles. The van der Waals surface area contributed by atoms with Gasteiger partial charge in [0.2, 0.25) is 0 Å². The van der Waals surface area contributed by atoms with Crippen molar-refractivity contribution in [3.05, 3.63) is 35.5 Å². The summed E-state index contributed by atoms with van der Waals surface area (Å²) in [5, 5.41) is 13.7. The molecule has 0 spiro atoms. The van der Waals surface area contributed by atoms with Crippen LogP contribution >= 0.6 is 11.8 Å². The van der Waals surface area contributed by atoms with Crippen LogP contribution in [0, 0.1) is 0 Å². The third kappa shape index (κ3) is 2.62. The Bertz CT molecular complexity index is 711. The molecule has 2 atom stereocenters. The first kappa shape index (κ1) is 15.4. The molecular formula is C16H21N3O2S. The van der Waals surface area contributed by atoms with Gasteiger partial charge in [-0.3, -0.25) is 10.1 Å². The van der Waals surface area contributed by atoms with Gasteiger partial charge in [-0.15, -0.1) is 11.8 Å². The number of thioether (sulfide) groups is 1. The second-order valence-corrected chi connectivity index (χ2v) is 7.09. The van der Waals surface area contributed by atoms with E-state index in [-0.39, 0.29) is 5.37 Å². The number of nitrogens with zero attached hydrogens (tertiary/aromatic N) is 2. The number of aryl methyl sites for hydroxylation is 1. The molecule has 0 aliphatic carbocycles. The predicted molar refractivity (Wildman–Crippen MR) is 90.1 cm³/mol. The zero-order valence-electron chi connectivity index (χ0n) is 13.0. The molecule has 6 heteroatoms. The first-order valence-corrected chi connectivity index (χ1v) is 8.35. The molecule has 2 unspecified atom stereocenters. The Labute approximate surface area is 134 Å². The Morgan fingerprint density at radius 1 is 1.45 bits per heavy atom. The molecule has 3 rings (SSSR count). The van der Waals surface area contributed by atoms with Crippen molar-refractivity contribution in [3.63, 3.8) is 0 Å². The highest BCUT2D eigenvalue weighted by Gasteiger charge is 2.34. The summed E-state index contributed by atoms with van der Waals surface area (Å²) in [6.07, 6.45) is 0. The van der Waals surface area contributed by atoms with E-state index in [9.17, 15) is 9.90 Å². The molecule has 2 heterocycles. The number of para-hydroxylation sites is 1. The normalized spacial score (nSPS) is 21.8. The fraction of sp³-hybridized carbons (Fsp3) is 0.438. The summed E-state index contributed by atoms with van der Waals surface area (Å²) in [6, 6.07) is 7.89. The van der Waals surface area contributed by atoms with Crippen LogP contribution in [0.3, 0.4) is 0 Å². The van der Waals surface area contributed by atoms with Gasteiger partial charge in [0.05, 0.1) is 11.1 Å². The maximum absolute atomic E-state index is 11.2. The van der Waals surface area contributed by atoms with Crippen molar-refractivity contribution < 1.29 is 9.90 Å². The van der Waals surface area contributed by atoms with Crippen LogP contribution in [0.4, 0.5) is 0 Å². The molecule has 1 saturated heterocycles. The fourth-order valence-electron chi connectivity index (χ4n) is 3.08. The molecule has 22 heavy (non-hydrogen) atoms. The van der Waals surface area contributed by atoms with Crippen LogP contribution in [0.15, 0.2) is 24.3 Å². The zero-order chi connectivity index (χ0) is 15.9. The lowest BCUT2D eigenvalue weighted by Crippen LogP contribution is -2.34. The third-order valence-corrected chi connectivity index (χ3v) is 5.28. The highest BCUT2D eigenvalue weighted by molar-refractivity contribution is 7.99. The molecule has 1 aliphatic heterocycles. The van der Waals surface area contributed by atoms with Crippen LogP contribution in [0.2, 0.25) is 0 Å². The largest absolute Gasteiger partial charge is 0.480 e. The van der Waals surface area contributed by atoms with Gasteiger partial charge in [-0.25, -0.2) is 0 Å². The molecule has 0 amide bonds. The van der Waals surface area contributed by atoms with Gasteiger partial charge in [-0.2, -0.15) is 0 Å². The summed E-state index contributed by atoms with van der Waals surface area (Å²) in [5.74, 6) is -0.175. The molecule has 1 fully saturated rings. The summed E-state index contributed by atoms with van der Waals surface area (Å²) < 4.78 is 2.20. The van der Waals surface area contributed by atoms with Crippen molar-refractivity contribution in [2.75, 3.05) is 19.8 Å². The predicted octanol–water partition coefficient (Wildman–Crippen LogP) is 2.03. The summed E-state index contributed by atoms with van der Waals surface area (Å²) in [7, 11) is 6.18. The fourth-order valence-corrected chi connectivity index (χ4v) is 4.42. The highest BCUT2D eigenvalue weighted by atomic mass is 32.2. The SMILES string of the molecule is CN(C)Cc1c(C2NC(C(=O)O)CS2)n(C)c2ccccc12. The van der Waals surface area contributed by atoms with E-state index in [4.69, 9.17) is 0 Å². The van der Waals surface area contributed by atoms with Gasteiger partial charge in [0, 0.05) is 30.2 Å². The lowest BCUT2D eigenvalue weighted by atomic mass is 10.1. The minimum absolute atomic E-state index is 0.0217. The van der Waals surface area contributed by atoms with Gasteiger partial charge < -0.3 is 14.6 Å². The number of carboxylic acid groups (broad SMARTS) is 1. The van der Waals surface area contributed by atoms with Crippen LogP contribution in [0.1, 0.15) is 16.6 Å². The Balaban J connectivity index is 2.08. The lowest BCUT2D eigenvalue weighted by molar-refractivity contribution is -0.138. The molecule has 1 aromatic carbocycles. The van der Waals surface area contributed by atoms with Crippen LogP contribution in [0.5, 0.6) is 0 Å². The average Bonchev–Trinajstić information content (AvgIpc) is 3.04. The van der Waals surface area contributed by atoms with Gasteiger partial charge >= 0.3 is 5.97 Å². The van der Waals surface area contributed by atoms with Crippen molar-refractivity contribution in [1.82, 2.24) is 14.8 Å². The van der Waals surface area contributed by atoms with Crippen LogP contribution < -0.4 is 5.32 Å². The molecule has 5 nitrogen and oxygen atoms in total. The first-order valence-electron chi connectivity index (χ1n) is 7.30. The monoisotopic (exact) mass is 319 g/mol. The summed E-state index contributed by atoms with van der Waals surface area (Å²) >= 11 is 1.67. The summed E-state index contributed by atoms with van der Waals surface area (Å²) in [4.78, 5) is 13.4. The van der Waals surface area contributed by atoms with Crippen LogP contribution in [0.25, 0.3) is 10.9 Å². The quantitative estimate of drug-likeness (QED) is 0.903. The minimum Gasteiger partial charge on any atom is -0.480 e. The number of carboxylic acids is 1. The van der Waals surface area contributed by atoms with E-state index >= 15 is 0 Å². The average molecular weight is 319 g/mol. The number of aromatic nitrogens is 1. The Morgan fingerprint density at radius 3 is 2.82 bits per heavy atom. The molecule has 2 aromatic rings. The highest BCUT2D eigenvalue weighted by Crippen LogP contribution is 2.39. The van der Waals surface area contributed by atoms with E-state index in [2.05, 4.69) is 54.1 Å². The Hall–Kier alpha value is -1.50. The lowest BCUT2D eigenvalue weighted by Gasteiger charge is -2.17. The topological polar surface area (TPSA) is 57.5 Å². The van der Waals surface area contributed by atoms with Crippen molar-refractivity contribution in [1.29, 1.82) is 0 Å². The van der Waals surface area contributed by atoms with Gasteiger partial charge in [-0.05, 0) is 25.7 Å². The number of hydrogen-bond donors (Lipinski definition) is 2. The zero-order valence-corrected chi connectivity index (χ0v) is 13.9. The third-order valence-electron chi connectivity index (χ3n) is 4.06. The van der Waals surface area contributed by atoms with Crippen LogP contribution in [-0.2, 0) is 18.4 Å². The van der Waals surface area contributed by atoms with E-state index in [1.807, 2.05) is 6.07 Å². The molecule has 0 radical (unpaired) electrons. The molecular weight excluding hydrogens is 298 g/mol. The minimum atomic E-state index is -0.775. The van der Waals surface area contributed by atoms with Crippen molar-refractivity contribution >= 4 is 28.6 Å². The van der Waals surface area contributed by atoms with Crippen molar-refractivity contribution in [2.45, 2.75) is 18.0 Å². The maximum atomic E-state index is 11.2. The molecule has 0 bridgehead atoms. The summed E-state index contributed by atoms with van der Waals surface area (Å²) in [5.41, 5.74) is 3.65. The van der Waals surface area contributed by atoms with Crippen LogP contribution in [-0.4, -0.2) is 46.4 Å². The second kappa shape index (κ2) is 5.95. The smallest absolute Gasteiger partial charge is 0.321 e. The number of fused-ring (bicyclic) bond motifs is 1. The Morgan fingerprint density at radius 2 is 2.18 bits per heavy atom. The number of aliphatic carboxylic acids is 1. The number of nitrogens with one attached hydrogen (secondary N) is 1. The van der Waals surface area contributed by atoms with Crippen molar-refractivity contribution in [2.24, 2.45) is 7.05 Å². The van der Waals surface area contributed by atoms with E-state index in [0.717, 1.165) is 6.54 Å². The second-order valence-electron chi connectivity index (χ2n) is 5.95. The molecule has 118 valence electrons. The van der Waals surface area contributed by atoms with Gasteiger partial charge in [0.25, 0.3) is 0 Å². The maximum Gasteiger partial charge on any atom is 0.321 e. The number of carbonyl (C=O) groups is 1. The first-order chi connectivity index (χ1) is 10.5. The number of hydrogen-bond acceptors (Lipinski definition) is 4. The number of rotatable bonds is 4. The molecule has 1 aromatic heterocycles. The van der Waals surface area contributed by atoms with Gasteiger partial charge in [0.15, 0.2) is 0 Å². The molecule has 2 N–H and O–H groups in total. The van der Waals surface area contributed by atoms with Gasteiger partial charge in [-0.1, -0.05) is 18.2 Å². The Kier molecular flexibility index (Phi) is 4.16. The van der Waals surface area contributed by atoms with E-state index in [1.54, 1.807) is 11.8 Å². The van der Waals surface area contributed by atoms with Gasteiger partial charge in [0.1, 0.15) is 6.04 Å². The van der Waals surface area contributed by atoms with E-state index in [1.165, 1.54) is 22.2 Å². The standard InChI is InChI=1S/C16H21N3O2S/c1-18(2)8-11-10-6-4-5-7-13(10)19(3)14(11)15-17-12(9-22-15)16(20)21/h4-7,12,15,17H,8-9H2,1-3H3,(H,20,21). The van der Waals surface area contributed by atoms with E-state index in [0.29, 0.717) is 5.75 Å². The summed E-state index contributed by atoms with van der Waals surface area (Å²) in [6.45, 7) is 0.840.